The molecular formula is C17H27N5O2. The number of carbonyl (C=O) groups is 1. The minimum atomic E-state index is 0.0727. The maximum absolute atomic E-state index is 11.6. The number of nitrogens with one attached hydrogen (secondary N) is 1. The van der Waals surface area contributed by atoms with Gasteiger partial charge < -0.3 is 15.0 Å². The van der Waals surface area contributed by atoms with Gasteiger partial charge in [-0.15, -0.1) is 0 Å². The average Bonchev–Trinajstić information content (AvgIpc) is 2.62. The summed E-state index contributed by atoms with van der Waals surface area (Å²) in [5, 5.41) is 2.70. The van der Waals surface area contributed by atoms with Crippen molar-refractivity contribution in [1.29, 1.82) is 0 Å². The maximum atomic E-state index is 11.6. The van der Waals surface area contributed by atoms with E-state index in [9.17, 15) is 4.79 Å². The summed E-state index contributed by atoms with van der Waals surface area (Å²) >= 11 is 0. The lowest BCUT2D eigenvalue weighted by Gasteiger charge is -2.33. The minimum Gasteiger partial charge on any atom is -0.378 e. The fraction of sp³-hybridized carbons (Fsp3) is 0.706. The summed E-state index contributed by atoms with van der Waals surface area (Å²) in [7, 11) is 1.69. The number of nitrogens with zero attached hydrogens (tertiary/aromatic N) is 4. The molecule has 2 aliphatic heterocycles. The van der Waals surface area contributed by atoms with Crippen molar-refractivity contribution in [3.63, 3.8) is 0 Å². The number of aromatic nitrogens is 2. The lowest BCUT2D eigenvalue weighted by atomic mass is 9.94. The monoisotopic (exact) mass is 333 g/mol. The van der Waals surface area contributed by atoms with Gasteiger partial charge >= 0.3 is 0 Å². The van der Waals surface area contributed by atoms with Crippen LogP contribution in [0.15, 0.2) is 6.07 Å². The number of morpholine rings is 1. The molecular weight excluding hydrogens is 306 g/mol. The van der Waals surface area contributed by atoms with Crippen molar-refractivity contribution < 1.29 is 9.53 Å². The van der Waals surface area contributed by atoms with Crippen LogP contribution in [0.1, 0.15) is 30.3 Å². The van der Waals surface area contributed by atoms with Crippen molar-refractivity contribution in [3.8, 4) is 0 Å². The smallest absolute Gasteiger partial charge is 0.233 e. The highest BCUT2D eigenvalue weighted by molar-refractivity contribution is 5.77. The number of hydrogen-bond donors (Lipinski definition) is 1. The number of piperidine rings is 1. The molecule has 7 nitrogen and oxygen atoms in total. The van der Waals surface area contributed by atoms with Gasteiger partial charge in [0.1, 0.15) is 11.6 Å². The lowest BCUT2D eigenvalue weighted by Crippen LogP contribution is -2.41. The minimum absolute atomic E-state index is 0.0727. The molecule has 1 amide bonds. The second-order valence-electron chi connectivity index (χ2n) is 6.55. The SMILES string of the molecule is CNC(=O)CN1CCC[C@@H](c2cc(N3CCOCC3)nc(C)n2)C1. The second-order valence-corrected chi connectivity index (χ2v) is 6.55. The van der Waals surface area contributed by atoms with Crippen molar-refractivity contribution in [2.75, 3.05) is 57.9 Å². The van der Waals surface area contributed by atoms with E-state index in [1.54, 1.807) is 7.05 Å². The molecule has 0 aromatic carbocycles. The van der Waals surface area contributed by atoms with Crippen LogP contribution >= 0.6 is 0 Å². The number of amides is 1. The van der Waals surface area contributed by atoms with Gasteiger partial charge in [0.2, 0.25) is 5.91 Å². The largest absolute Gasteiger partial charge is 0.378 e. The molecule has 3 rings (SSSR count). The van der Waals surface area contributed by atoms with Gasteiger partial charge in [0, 0.05) is 38.7 Å². The van der Waals surface area contributed by atoms with Crippen LogP contribution in [0.25, 0.3) is 0 Å². The Morgan fingerprint density at radius 3 is 2.88 bits per heavy atom. The number of aryl methyl sites for hydroxylation is 1. The first-order valence-corrected chi connectivity index (χ1v) is 8.77. The van der Waals surface area contributed by atoms with Gasteiger partial charge in [-0.05, 0) is 26.3 Å². The van der Waals surface area contributed by atoms with E-state index in [-0.39, 0.29) is 5.91 Å². The number of rotatable bonds is 4. The van der Waals surface area contributed by atoms with Gasteiger partial charge in [0.25, 0.3) is 0 Å². The molecule has 0 aliphatic carbocycles. The van der Waals surface area contributed by atoms with Gasteiger partial charge in [0.05, 0.1) is 25.5 Å². The Bertz CT molecular complexity index is 574. The Hall–Kier alpha value is -1.73. The molecule has 3 heterocycles. The number of hydrogen-bond acceptors (Lipinski definition) is 6. The van der Waals surface area contributed by atoms with Crippen LogP contribution in [0.2, 0.25) is 0 Å². The molecule has 0 unspecified atom stereocenters. The molecule has 1 atom stereocenters. The van der Waals surface area contributed by atoms with E-state index < -0.39 is 0 Å². The number of likely N-dealkylation sites (N-methyl/N-ethyl adjacent to an activating group) is 1. The first-order chi connectivity index (χ1) is 11.7. The molecule has 2 fully saturated rings. The second kappa shape index (κ2) is 7.90. The highest BCUT2D eigenvalue weighted by Gasteiger charge is 2.25. The van der Waals surface area contributed by atoms with Crippen molar-refractivity contribution >= 4 is 11.7 Å². The molecule has 7 heteroatoms. The molecule has 0 bridgehead atoms. The number of ether oxygens (including phenoxy) is 1. The molecule has 2 saturated heterocycles. The van der Waals surface area contributed by atoms with E-state index in [2.05, 4.69) is 31.2 Å². The quantitative estimate of drug-likeness (QED) is 0.868. The topological polar surface area (TPSA) is 70.6 Å². The normalized spacial score (nSPS) is 22.4. The zero-order valence-corrected chi connectivity index (χ0v) is 14.6. The van der Waals surface area contributed by atoms with Crippen LogP contribution in [0, 0.1) is 6.92 Å². The Kier molecular flexibility index (Phi) is 5.63. The van der Waals surface area contributed by atoms with E-state index in [1.807, 2.05) is 6.92 Å². The van der Waals surface area contributed by atoms with Crippen LogP contribution in [-0.2, 0) is 9.53 Å². The van der Waals surface area contributed by atoms with E-state index in [4.69, 9.17) is 4.74 Å². The van der Waals surface area contributed by atoms with Gasteiger partial charge in [-0.25, -0.2) is 9.97 Å². The zero-order chi connectivity index (χ0) is 16.9. The molecule has 1 aromatic heterocycles. The highest BCUT2D eigenvalue weighted by atomic mass is 16.5. The lowest BCUT2D eigenvalue weighted by molar-refractivity contribution is -0.122. The van der Waals surface area contributed by atoms with Crippen LogP contribution in [0.5, 0.6) is 0 Å². The fourth-order valence-corrected chi connectivity index (χ4v) is 3.46. The number of carbonyl (C=O) groups excluding carboxylic acids is 1. The molecule has 24 heavy (non-hydrogen) atoms. The Balaban J connectivity index is 1.73. The first-order valence-electron chi connectivity index (χ1n) is 8.77. The summed E-state index contributed by atoms with van der Waals surface area (Å²) in [5.74, 6) is 2.26. The summed E-state index contributed by atoms with van der Waals surface area (Å²) < 4.78 is 5.43. The summed E-state index contributed by atoms with van der Waals surface area (Å²) in [4.78, 5) is 25.4. The van der Waals surface area contributed by atoms with Gasteiger partial charge in [-0.3, -0.25) is 9.69 Å². The zero-order valence-electron chi connectivity index (χ0n) is 14.6. The summed E-state index contributed by atoms with van der Waals surface area (Å²) in [5.41, 5.74) is 1.10. The Labute approximate surface area is 143 Å². The summed E-state index contributed by atoms with van der Waals surface area (Å²) in [6.07, 6.45) is 2.21. The van der Waals surface area contributed by atoms with Gasteiger partial charge in [0.15, 0.2) is 0 Å². The van der Waals surface area contributed by atoms with Crippen LogP contribution < -0.4 is 10.2 Å². The van der Waals surface area contributed by atoms with Crippen molar-refractivity contribution in [1.82, 2.24) is 20.2 Å². The third-order valence-electron chi connectivity index (χ3n) is 4.75. The van der Waals surface area contributed by atoms with Crippen LogP contribution in [0.3, 0.4) is 0 Å². The third-order valence-corrected chi connectivity index (χ3v) is 4.75. The molecule has 0 saturated carbocycles. The summed E-state index contributed by atoms with van der Waals surface area (Å²) in [6.45, 7) is 7.54. The van der Waals surface area contributed by atoms with Gasteiger partial charge in [-0.1, -0.05) is 0 Å². The third kappa shape index (κ3) is 4.21. The van der Waals surface area contributed by atoms with Crippen LogP contribution in [0.4, 0.5) is 5.82 Å². The predicted octanol–water partition coefficient (Wildman–Crippen LogP) is 0.547. The molecule has 1 aromatic rings. The molecule has 132 valence electrons. The van der Waals surface area contributed by atoms with E-state index in [0.717, 1.165) is 69.6 Å². The molecule has 2 aliphatic rings. The van der Waals surface area contributed by atoms with Crippen molar-refractivity contribution in [2.45, 2.75) is 25.7 Å². The van der Waals surface area contributed by atoms with Crippen LogP contribution in [-0.4, -0.2) is 73.8 Å². The van der Waals surface area contributed by atoms with Crippen molar-refractivity contribution in [3.05, 3.63) is 17.6 Å². The predicted molar refractivity (Wildman–Crippen MR) is 92.3 cm³/mol. The Morgan fingerprint density at radius 1 is 1.33 bits per heavy atom. The van der Waals surface area contributed by atoms with Gasteiger partial charge in [-0.2, -0.15) is 0 Å². The highest BCUT2D eigenvalue weighted by Crippen LogP contribution is 2.27. The van der Waals surface area contributed by atoms with E-state index >= 15 is 0 Å². The summed E-state index contributed by atoms with van der Waals surface area (Å²) in [6, 6.07) is 2.13. The number of anilines is 1. The molecule has 1 N–H and O–H groups in total. The fourth-order valence-electron chi connectivity index (χ4n) is 3.46. The Morgan fingerprint density at radius 2 is 2.12 bits per heavy atom. The average molecular weight is 333 g/mol. The van der Waals surface area contributed by atoms with E-state index in [1.165, 1.54) is 0 Å². The number of likely N-dealkylation sites (tertiary alicyclic amines) is 1. The standard InChI is InChI=1S/C17H27N5O2/c1-13-19-15(10-16(20-13)22-6-8-24-9-7-22)14-4-3-5-21(11-14)12-17(23)18-2/h10,14H,3-9,11-12H2,1-2H3,(H,18,23)/t14-/m1/s1. The maximum Gasteiger partial charge on any atom is 0.233 e. The van der Waals surface area contributed by atoms with E-state index in [0.29, 0.717) is 12.5 Å². The molecule has 0 radical (unpaired) electrons. The first kappa shape index (κ1) is 17.1. The van der Waals surface area contributed by atoms with Crippen molar-refractivity contribution in [2.24, 2.45) is 0 Å². The molecule has 0 spiro atoms.